The van der Waals surface area contributed by atoms with Crippen molar-refractivity contribution in [2.24, 2.45) is 0 Å². The van der Waals surface area contributed by atoms with Crippen LogP contribution in [0.4, 0.5) is 0 Å². The molecule has 1 atom stereocenters. The third kappa shape index (κ3) is 2.72. The van der Waals surface area contributed by atoms with Crippen LogP contribution in [-0.2, 0) is 3.83 Å². The fraction of sp³-hybridized carbons (Fsp3) is 0. The van der Waals surface area contributed by atoms with Gasteiger partial charge in [0.1, 0.15) is 0 Å². The van der Waals surface area contributed by atoms with Crippen molar-refractivity contribution >= 4 is 54.3 Å². The molecule has 1 unspecified atom stereocenters. The number of rotatable bonds is 1. The Morgan fingerprint density at radius 2 is 1.78 bits per heavy atom. The van der Waals surface area contributed by atoms with Crippen LogP contribution in [0.5, 0.6) is 0 Å². The molecule has 0 amide bonds. The molecule has 0 aliphatic rings. The third-order valence-corrected chi connectivity index (χ3v) is 6.86. The fourth-order valence-electron chi connectivity index (χ4n) is 0.612. The van der Waals surface area contributed by atoms with Gasteiger partial charge in [0, 0.05) is 0 Å². The van der Waals surface area contributed by atoms with Gasteiger partial charge in [0.25, 0.3) is 0 Å². The molecule has 0 aliphatic carbocycles. The summed E-state index contributed by atoms with van der Waals surface area (Å²) >= 11 is 0.494. The van der Waals surface area contributed by atoms with Crippen molar-refractivity contribution in [2.45, 2.75) is 0 Å². The quantitative estimate of drug-likeness (QED) is 0.597. The minimum atomic E-state index is -1.47. The van der Waals surface area contributed by atoms with E-state index >= 15 is 0 Å². The average Bonchev–Trinajstić information content (AvgIpc) is 1.90. The SMILES string of the molecule is O=[Se]([K])c1ccccc1. The summed E-state index contributed by atoms with van der Waals surface area (Å²) in [6, 6.07) is 9.72. The Balaban J connectivity index is 2.98. The second-order valence-corrected chi connectivity index (χ2v) is 10.7. The summed E-state index contributed by atoms with van der Waals surface area (Å²) in [5.74, 6) is 0. The van der Waals surface area contributed by atoms with E-state index in [1.54, 1.807) is 0 Å². The summed E-state index contributed by atoms with van der Waals surface area (Å²) in [5.41, 5.74) is 0. The molecule has 1 rings (SSSR count). The third-order valence-electron chi connectivity index (χ3n) is 1.08. The Morgan fingerprint density at radius 1 is 1.22 bits per heavy atom. The number of hydrogen-bond donors (Lipinski definition) is 0. The predicted octanol–water partition coefficient (Wildman–Crippen LogP) is -0.0192. The van der Waals surface area contributed by atoms with E-state index in [2.05, 4.69) is 0 Å². The summed E-state index contributed by atoms with van der Waals surface area (Å²) in [6.07, 6.45) is 0. The van der Waals surface area contributed by atoms with Crippen LogP contribution >= 0.6 is 0 Å². The van der Waals surface area contributed by atoms with E-state index in [-0.39, 0.29) is 0 Å². The van der Waals surface area contributed by atoms with Crippen LogP contribution in [0.2, 0.25) is 0 Å². The standard InChI is InChI=1S/C6H5OSe.K/c7-8-6-4-2-1-3-5-6;/h1-5H;/q+1;-1. The van der Waals surface area contributed by atoms with Gasteiger partial charge in [-0.1, -0.05) is 0 Å². The van der Waals surface area contributed by atoms with Crippen molar-refractivity contribution < 1.29 is 3.83 Å². The molecule has 42 valence electrons. The van der Waals surface area contributed by atoms with E-state index in [0.717, 1.165) is 4.46 Å². The normalized spacial score (nSPS) is 13.1. The van der Waals surface area contributed by atoms with Crippen molar-refractivity contribution in [2.75, 3.05) is 0 Å². The summed E-state index contributed by atoms with van der Waals surface area (Å²) in [4.78, 5) is 0. The molecule has 0 saturated carbocycles. The summed E-state index contributed by atoms with van der Waals surface area (Å²) in [7, 11) is 0. The first-order valence-electron chi connectivity index (χ1n) is 2.69. The van der Waals surface area contributed by atoms with E-state index in [1.165, 1.54) is 0 Å². The van der Waals surface area contributed by atoms with Gasteiger partial charge >= 0.3 is 88.5 Å². The number of hydrogen-bond acceptors (Lipinski definition) is 1. The van der Waals surface area contributed by atoms with E-state index in [1.807, 2.05) is 30.3 Å². The van der Waals surface area contributed by atoms with E-state index in [9.17, 15) is 3.83 Å². The molecule has 0 saturated heterocycles. The Morgan fingerprint density at radius 3 is 2.11 bits per heavy atom. The molecule has 0 fully saturated rings. The second kappa shape index (κ2) is 4.14. The Labute approximate surface area is 86.6 Å². The zero-order valence-electron chi connectivity index (χ0n) is 5.20. The molecule has 0 spiro atoms. The van der Waals surface area contributed by atoms with Crippen molar-refractivity contribution in [1.82, 2.24) is 0 Å². The summed E-state index contributed by atoms with van der Waals surface area (Å²) in [6.45, 7) is 0. The first kappa shape index (κ1) is 8.27. The van der Waals surface area contributed by atoms with Crippen molar-refractivity contribution in [3.8, 4) is 0 Å². The van der Waals surface area contributed by atoms with E-state index in [4.69, 9.17) is 0 Å². The van der Waals surface area contributed by atoms with E-state index in [0.29, 0.717) is 45.4 Å². The molecule has 3 heteroatoms. The average molecular weight is 211 g/mol. The molecule has 1 nitrogen and oxygen atoms in total. The molecule has 9 heavy (non-hydrogen) atoms. The van der Waals surface area contributed by atoms with Gasteiger partial charge in [0.15, 0.2) is 0 Å². The zero-order valence-corrected chi connectivity index (χ0v) is 10.0. The molecular weight excluding hydrogens is 206 g/mol. The van der Waals surface area contributed by atoms with Gasteiger partial charge in [0.05, 0.1) is 0 Å². The van der Waals surface area contributed by atoms with E-state index < -0.39 is 4.48 Å². The molecule has 0 heterocycles. The van der Waals surface area contributed by atoms with Crippen LogP contribution in [0.1, 0.15) is 0 Å². The Hall–Kier alpha value is 1.18. The van der Waals surface area contributed by atoms with Gasteiger partial charge in [-0.2, -0.15) is 0 Å². The maximum absolute atomic E-state index is 10.9. The second-order valence-electron chi connectivity index (χ2n) is 1.77. The summed E-state index contributed by atoms with van der Waals surface area (Å²) < 4.78 is 10.5. The van der Waals surface area contributed by atoms with Gasteiger partial charge in [-0.3, -0.25) is 0 Å². The van der Waals surface area contributed by atoms with Gasteiger partial charge in [-0.15, -0.1) is 0 Å². The monoisotopic (exact) mass is 212 g/mol. The van der Waals surface area contributed by atoms with Gasteiger partial charge in [-0.25, -0.2) is 0 Å². The van der Waals surface area contributed by atoms with Crippen molar-refractivity contribution in [3.05, 3.63) is 30.3 Å². The molecule has 0 bridgehead atoms. The van der Waals surface area contributed by atoms with Crippen LogP contribution in [0.25, 0.3) is 0 Å². The van der Waals surface area contributed by atoms with Crippen LogP contribution in [0.3, 0.4) is 0 Å². The maximum atomic E-state index is 10.9. The Bertz CT molecular complexity index is 210. The first-order valence-corrected chi connectivity index (χ1v) is 12.6. The zero-order chi connectivity index (χ0) is 6.69. The Kier molecular flexibility index (Phi) is 3.80. The molecular formula is C6H5KOSe. The predicted molar refractivity (Wildman–Crippen MR) is 38.3 cm³/mol. The first-order chi connectivity index (χ1) is 4.30. The van der Waals surface area contributed by atoms with Crippen LogP contribution in [0, 0.1) is 0 Å². The minimum absolute atomic E-state index is 0.494. The van der Waals surface area contributed by atoms with Gasteiger partial charge in [-0.05, 0) is 0 Å². The molecule has 0 aliphatic heterocycles. The van der Waals surface area contributed by atoms with Crippen LogP contribution < -0.4 is 4.46 Å². The molecule has 1 aromatic rings. The molecule has 0 radical (unpaired) electrons. The topological polar surface area (TPSA) is 17.1 Å². The fourth-order valence-corrected chi connectivity index (χ4v) is 3.95. The van der Waals surface area contributed by atoms with Crippen molar-refractivity contribution in [3.63, 3.8) is 0 Å². The number of benzene rings is 1. The molecule has 0 aromatic heterocycles. The van der Waals surface area contributed by atoms with Crippen LogP contribution in [-0.4, -0.2) is 49.9 Å². The van der Waals surface area contributed by atoms with Gasteiger partial charge in [0.2, 0.25) is 0 Å². The van der Waals surface area contributed by atoms with Crippen LogP contribution in [0.15, 0.2) is 30.3 Å². The summed E-state index contributed by atoms with van der Waals surface area (Å²) in [5, 5.41) is 0. The molecule has 0 N–H and O–H groups in total. The van der Waals surface area contributed by atoms with Crippen molar-refractivity contribution in [1.29, 1.82) is 0 Å². The van der Waals surface area contributed by atoms with Gasteiger partial charge < -0.3 is 0 Å². The molecule has 1 aromatic carbocycles.